The Morgan fingerprint density at radius 2 is 1.95 bits per heavy atom. The number of aliphatic hydroxyl groups excluding tert-OH is 1. The molecule has 1 aromatic carbocycles. The zero-order valence-electron chi connectivity index (χ0n) is 11.6. The van der Waals surface area contributed by atoms with Crippen molar-refractivity contribution in [3.05, 3.63) is 23.3 Å². The highest BCUT2D eigenvalue weighted by Gasteiger charge is 2.22. The number of nitrogens with two attached hydrogens (primary N) is 1. The molecule has 0 amide bonds. The highest BCUT2D eigenvalue weighted by molar-refractivity contribution is 7.89. The third kappa shape index (κ3) is 3.68. The molecule has 1 rings (SSSR count). The molecule has 0 saturated heterocycles. The number of rotatable bonds is 6. The zero-order chi connectivity index (χ0) is 14.6. The maximum absolute atomic E-state index is 12.3. The fourth-order valence-electron chi connectivity index (χ4n) is 1.91. The molecule has 0 aromatic heterocycles. The van der Waals surface area contributed by atoms with E-state index in [9.17, 15) is 8.42 Å². The summed E-state index contributed by atoms with van der Waals surface area (Å²) < 4.78 is 27.1. The SMILES string of the molecule is CCc1cc(N)c(CC)c(S(=O)(=O)NC(C)CO)c1. The van der Waals surface area contributed by atoms with Gasteiger partial charge in [0.25, 0.3) is 0 Å². The molecule has 0 saturated carbocycles. The quantitative estimate of drug-likeness (QED) is 0.682. The van der Waals surface area contributed by atoms with E-state index in [1.54, 1.807) is 13.0 Å². The predicted molar refractivity (Wildman–Crippen MR) is 76.5 cm³/mol. The Kier molecular flexibility index (Phi) is 5.34. The van der Waals surface area contributed by atoms with Crippen molar-refractivity contribution >= 4 is 15.7 Å². The lowest BCUT2D eigenvalue weighted by molar-refractivity contribution is 0.265. The summed E-state index contributed by atoms with van der Waals surface area (Å²) in [5.74, 6) is 0. The molecule has 1 aromatic rings. The van der Waals surface area contributed by atoms with Crippen LogP contribution in [0.5, 0.6) is 0 Å². The molecule has 108 valence electrons. The highest BCUT2D eigenvalue weighted by atomic mass is 32.2. The van der Waals surface area contributed by atoms with Crippen molar-refractivity contribution in [3.63, 3.8) is 0 Å². The molecule has 5 nitrogen and oxygen atoms in total. The highest BCUT2D eigenvalue weighted by Crippen LogP contribution is 2.25. The van der Waals surface area contributed by atoms with Crippen LogP contribution in [0.2, 0.25) is 0 Å². The van der Waals surface area contributed by atoms with Crippen LogP contribution in [0.3, 0.4) is 0 Å². The molecule has 19 heavy (non-hydrogen) atoms. The van der Waals surface area contributed by atoms with Crippen molar-refractivity contribution in [2.45, 2.75) is 44.6 Å². The Bertz CT molecular complexity index is 541. The molecular formula is C13H22N2O3S. The summed E-state index contributed by atoms with van der Waals surface area (Å²) in [5.41, 5.74) is 7.93. The van der Waals surface area contributed by atoms with Crippen molar-refractivity contribution in [3.8, 4) is 0 Å². The van der Waals surface area contributed by atoms with E-state index in [2.05, 4.69) is 4.72 Å². The van der Waals surface area contributed by atoms with Gasteiger partial charge in [-0.15, -0.1) is 0 Å². The summed E-state index contributed by atoms with van der Waals surface area (Å²) in [5, 5.41) is 8.98. The van der Waals surface area contributed by atoms with Crippen molar-refractivity contribution in [2.75, 3.05) is 12.3 Å². The van der Waals surface area contributed by atoms with Gasteiger partial charge in [0.2, 0.25) is 10.0 Å². The van der Waals surface area contributed by atoms with Crippen molar-refractivity contribution in [1.29, 1.82) is 0 Å². The Balaban J connectivity index is 3.35. The molecule has 0 aliphatic heterocycles. The van der Waals surface area contributed by atoms with Gasteiger partial charge in [-0.05, 0) is 43.0 Å². The molecule has 0 heterocycles. The average Bonchev–Trinajstić information content (AvgIpc) is 2.36. The number of benzene rings is 1. The number of anilines is 1. The number of hydrogen-bond acceptors (Lipinski definition) is 4. The fraction of sp³-hybridized carbons (Fsp3) is 0.538. The van der Waals surface area contributed by atoms with E-state index in [1.165, 1.54) is 0 Å². The topological polar surface area (TPSA) is 92.4 Å². The molecule has 1 atom stereocenters. The van der Waals surface area contributed by atoms with Gasteiger partial charge in [0, 0.05) is 11.7 Å². The summed E-state index contributed by atoms with van der Waals surface area (Å²) in [7, 11) is -3.66. The molecule has 1 unspecified atom stereocenters. The van der Waals surface area contributed by atoms with E-state index in [0.29, 0.717) is 24.1 Å². The van der Waals surface area contributed by atoms with E-state index in [1.807, 2.05) is 19.9 Å². The lowest BCUT2D eigenvalue weighted by Gasteiger charge is -2.16. The summed E-state index contributed by atoms with van der Waals surface area (Å²) in [6.07, 6.45) is 1.26. The van der Waals surface area contributed by atoms with E-state index in [-0.39, 0.29) is 11.5 Å². The number of aryl methyl sites for hydroxylation is 1. The van der Waals surface area contributed by atoms with Gasteiger partial charge in [-0.3, -0.25) is 0 Å². The standard InChI is InChI=1S/C13H22N2O3S/c1-4-10-6-12(14)11(5-2)13(7-10)19(17,18)15-9(3)8-16/h6-7,9,15-16H,4-5,8,14H2,1-3H3. The summed E-state index contributed by atoms with van der Waals surface area (Å²) in [4.78, 5) is 0.215. The Morgan fingerprint density at radius 1 is 1.32 bits per heavy atom. The van der Waals surface area contributed by atoms with Crippen molar-refractivity contribution < 1.29 is 13.5 Å². The minimum atomic E-state index is -3.66. The number of sulfonamides is 1. The van der Waals surface area contributed by atoms with E-state index >= 15 is 0 Å². The zero-order valence-corrected chi connectivity index (χ0v) is 12.4. The molecule has 6 heteroatoms. The van der Waals surface area contributed by atoms with Crippen LogP contribution in [0.15, 0.2) is 17.0 Å². The summed E-state index contributed by atoms with van der Waals surface area (Å²) >= 11 is 0. The second kappa shape index (κ2) is 6.36. The predicted octanol–water partition coefficient (Wildman–Crippen LogP) is 1.05. The Morgan fingerprint density at radius 3 is 2.42 bits per heavy atom. The van der Waals surface area contributed by atoms with Gasteiger partial charge in [0.1, 0.15) is 0 Å². The third-order valence-electron chi connectivity index (χ3n) is 2.98. The van der Waals surface area contributed by atoms with E-state index in [4.69, 9.17) is 10.8 Å². The van der Waals surface area contributed by atoms with Crippen LogP contribution in [0.1, 0.15) is 31.9 Å². The summed E-state index contributed by atoms with van der Waals surface area (Å²) in [6.45, 7) is 5.17. The van der Waals surface area contributed by atoms with Crippen molar-refractivity contribution in [2.24, 2.45) is 0 Å². The van der Waals surface area contributed by atoms with Crippen LogP contribution in [0.4, 0.5) is 5.69 Å². The monoisotopic (exact) mass is 286 g/mol. The van der Waals surface area contributed by atoms with Crippen LogP contribution in [-0.2, 0) is 22.9 Å². The van der Waals surface area contributed by atoms with E-state index < -0.39 is 16.1 Å². The maximum atomic E-state index is 12.3. The van der Waals surface area contributed by atoms with Gasteiger partial charge < -0.3 is 10.8 Å². The number of nitrogen functional groups attached to an aromatic ring is 1. The van der Waals surface area contributed by atoms with Crippen LogP contribution >= 0.6 is 0 Å². The van der Waals surface area contributed by atoms with Crippen LogP contribution in [0, 0.1) is 0 Å². The Labute approximate surface area is 114 Å². The molecular weight excluding hydrogens is 264 g/mol. The lowest BCUT2D eigenvalue weighted by Crippen LogP contribution is -2.35. The molecule has 0 fully saturated rings. The minimum Gasteiger partial charge on any atom is -0.398 e. The fourth-order valence-corrected chi connectivity index (χ4v) is 3.54. The smallest absolute Gasteiger partial charge is 0.241 e. The molecule has 0 spiro atoms. The van der Waals surface area contributed by atoms with Gasteiger partial charge in [-0.1, -0.05) is 13.8 Å². The first-order valence-corrected chi connectivity index (χ1v) is 7.88. The van der Waals surface area contributed by atoms with Gasteiger partial charge in [-0.2, -0.15) is 0 Å². The molecule has 0 aliphatic carbocycles. The average molecular weight is 286 g/mol. The number of hydrogen-bond donors (Lipinski definition) is 3. The first-order valence-electron chi connectivity index (χ1n) is 6.40. The largest absolute Gasteiger partial charge is 0.398 e. The molecule has 4 N–H and O–H groups in total. The first kappa shape index (κ1) is 15.9. The molecule has 0 aliphatic rings. The molecule has 0 radical (unpaired) electrons. The normalized spacial score (nSPS) is 13.5. The lowest BCUT2D eigenvalue weighted by atomic mass is 10.1. The van der Waals surface area contributed by atoms with Crippen LogP contribution in [0.25, 0.3) is 0 Å². The minimum absolute atomic E-state index is 0.215. The first-order chi connectivity index (χ1) is 8.85. The number of nitrogens with one attached hydrogen (secondary N) is 1. The third-order valence-corrected chi connectivity index (χ3v) is 4.64. The van der Waals surface area contributed by atoms with Crippen molar-refractivity contribution in [1.82, 2.24) is 4.72 Å². The number of aliphatic hydroxyl groups is 1. The van der Waals surface area contributed by atoms with Gasteiger partial charge in [-0.25, -0.2) is 13.1 Å². The second-order valence-corrected chi connectivity index (χ2v) is 6.26. The maximum Gasteiger partial charge on any atom is 0.241 e. The molecule has 0 bridgehead atoms. The van der Waals surface area contributed by atoms with Gasteiger partial charge >= 0.3 is 0 Å². The van der Waals surface area contributed by atoms with Crippen LogP contribution < -0.4 is 10.5 Å². The Hall–Kier alpha value is -1.11. The second-order valence-electron chi connectivity index (χ2n) is 4.57. The summed E-state index contributed by atoms with van der Waals surface area (Å²) in [6, 6.07) is 2.94. The van der Waals surface area contributed by atoms with Gasteiger partial charge in [0.15, 0.2) is 0 Å². The van der Waals surface area contributed by atoms with E-state index in [0.717, 1.165) is 5.56 Å². The van der Waals surface area contributed by atoms with Crippen LogP contribution in [-0.4, -0.2) is 26.2 Å². The van der Waals surface area contributed by atoms with Gasteiger partial charge in [0.05, 0.1) is 11.5 Å².